The van der Waals surface area contributed by atoms with Crippen molar-refractivity contribution in [3.8, 4) is 22.9 Å². The quantitative estimate of drug-likeness (QED) is 0.811. The molecule has 2 rings (SSSR count). The van der Waals surface area contributed by atoms with Crippen molar-refractivity contribution < 1.29 is 9.50 Å². The second-order valence-corrected chi connectivity index (χ2v) is 3.83. The van der Waals surface area contributed by atoms with Gasteiger partial charge in [-0.25, -0.2) is 4.39 Å². The molecule has 17 heavy (non-hydrogen) atoms. The van der Waals surface area contributed by atoms with Gasteiger partial charge in [-0.15, -0.1) is 0 Å². The number of halogens is 1. The van der Waals surface area contributed by atoms with Crippen LogP contribution in [-0.2, 0) is 0 Å². The van der Waals surface area contributed by atoms with Gasteiger partial charge in [-0.3, -0.25) is 0 Å². The van der Waals surface area contributed by atoms with Gasteiger partial charge < -0.3 is 5.11 Å². The lowest BCUT2D eigenvalue weighted by Gasteiger charge is -2.05. The van der Waals surface area contributed by atoms with Gasteiger partial charge in [-0.2, -0.15) is 5.26 Å². The van der Waals surface area contributed by atoms with E-state index < -0.39 is 5.82 Å². The van der Waals surface area contributed by atoms with E-state index in [-0.39, 0.29) is 11.3 Å². The van der Waals surface area contributed by atoms with E-state index in [0.29, 0.717) is 5.56 Å². The SMILES string of the molecule is Cc1ccc(-c2cc(O)c(C#N)c(F)c2)cc1. The zero-order valence-electron chi connectivity index (χ0n) is 9.24. The fraction of sp³-hybridized carbons (Fsp3) is 0.0714. The number of benzene rings is 2. The van der Waals surface area contributed by atoms with E-state index in [2.05, 4.69) is 0 Å². The van der Waals surface area contributed by atoms with Crippen LogP contribution in [0.15, 0.2) is 36.4 Å². The van der Waals surface area contributed by atoms with Gasteiger partial charge in [-0.1, -0.05) is 29.8 Å². The molecular formula is C14H10FNO. The fourth-order valence-electron chi connectivity index (χ4n) is 1.62. The number of nitrogens with zero attached hydrogens (tertiary/aromatic N) is 1. The second kappa shape index (κ2) is 4.26. The lowest BCUT2D eigenvalue weighted by molar-refractivity contribution is 0.467. The minimum Gasteiger partial charge on any atom is -0.506 e. The highest BCUT2D eigenvalue weighted by Crippen LogP contribution is 2.28. The number of aromatic hydroxyl groups is 1. The van der Waals surface area contributed by atoms with E-state index in [0.717, 1.165) is 11.1 Å². The summed E-state index contributed by atoms with van der Waals surface area (Å²) in [6.45, 7) is 1.96. The summed E-state index contributed by atoms with van der Waals surface area (Å²) in [6, 6.07) is 11.8. The van der Waals surface area contributed by atoms with Gasteiger partial charge in [0.2, 0.25) is 0 Å². The van der Waals surface area contributed by atoms with Gasteiger partial charge in [-0.05, 0) is 30.2 Å². The summed E-state index contributed by atoms with van der Waals surface area (Å²) < 4.78 is 13.5. The maximum atomic E-state index is 13.5. The third-order valence-corrected chi connectivity index (χ3v) is 2.57. The minimum atomic E-state index is -0.705. The van der Waals surface area contributed by atoms with Crippen LogP contribution in [0, 0.1) is 24.1 Å². The number of phenols is 1. The van der Waals surface area contributed by atoms with E-state index in [1.54, 1.807) is 6.07 Å². The van der Waals surface area contributed by atoms with Crippen molar-refractivity contribution in [1.29, 1.82) is 5.26 Å². The predicted molar refractivity (Wildman–Crippen MR) is 63.0 cm³/mol. The first kappa shape index (κ1) is 11.2. The van der Waals surface area contributed by atoms with Gasteiger partial charge in [0.1, 0.15) is 23.2 Å². The van der Waals surface area contributed by atoms with Gasteiger partial charge >= 0.3 is 0 Å². The second-order valence-electron chi connectivity index (χ2n) is 3.83. The summed E-state index contributed by atoms with van der Waals surface area (Å²) in [4.78, 5) is 0. The Morgan fingerprint density at radius 2 is 1.76 bits per heavy atom. The first-order valence-corrected chi connectivity index (χ1v) is 5.11. The average molecular weight is 227 g/mol. The van der Waals surface area contributed by atoms with Crippen molar-refractivity contribution in [3.63, 3.8) is 0 Å². The zero-order valence-corrected chi connectivity index (χ0v) is 9.24. The van der Waals surface area contributed by atoms with Crippen LogP contribution >= 0.6 is 0 Å². The van der Waals surface area contributed by atoms with E-state index in [1.165, 1.54) is 12.1 Å². The Labute approximate surface area is 98.6 Å². The first-order chi connectivity index (χ1) is 8.11. The molecule has 0 unspecified atom stereocenters. The summed E-state index contributed by atoms with van der Waals surface area (Å²) in [5.41, 5.74) is 2.14. The number of aryl methyl sites for hydroxylation is 1. The molecule has 2 aromatic carbocycles. The molecule has 0 saturated carbocycles. The minimum absolute atomic E-state index is 0.319. The fourth-order valence-corrected chi connectivity index (χ4v) is 1.62. The molecule has 0 amide bonds. The molecule has 0 aliphatic rings. The molecule has 0 fully saturated rings. The normalized spacial score (nSPS) is 9.94. The Balaban J connectivity index is 2.55. The van der Waals surface area contributed by atoms with E-state index in [1.807, 2.05) is 31.2 Å². The molecule has 0 spiro atoms. The van der Waals surface area contributed by atoms with Crippen LogP contribution in [0.25, 0.3) is 11.1 Å². The molecule has 0 aromatic heterocycles. The third kappa shape index (κ3) is 2.11. The van der Waals surface area contributed by atoms with Crippen molar-refractivity contribution >= 4 is 0 Å². The van der Waals surface area contributed by atoms with Crippen molar-refractivity contribution in [2.24, 2.45) is 0 Å². The number of rotatable bonds is 1. The lowest BCUT2D eigenvalue weighted by atomic mass is 10.0. The molecule has 84 valence electrons. The Hall–Kier alpha value is -2.34. The number of hydrogen-bond donors (Lipinski definition) is 1. The van der Waals surface area contributed by atoms with E-state index >= 15 is 0 Å². The summed E-state index contributed by atoms with van der Waals surface area (Å²) in [5, 5.41) is 18.2. The van der Waals surface area contributed by atoms with E-state index in [9.17, 15) is 9.50 Å². The topological polar surface area (TPSA) is 44.0 Å². The number of nitriles is 1. The molecule has 2 nitrogen and oxygen atoms in total. The van der Waals surface area contributed by atoms with Gasteiger partial charge in [0.15, 0.2) is 0 Å². The molecule has 0 atom stereocenters. The third-order valence-electron chi connectivity index (χ3n) is 2.57. The molecular weight excluding hydrogens is 217 g/mol. The monoisotopic (exact) mass is 227 g/mol. The Morgan fingerprint density at radius 3 is 2.29 bits per heavy atom. The summed E-state index contributed by atoms with van der Waals surface area (Å²) in [6.07, 6.45) is 0. The summed E-state index contributed by atoms with van der Waals surface area (Å²) >= 11 is 0. The maximum absolute atomic E-state index is 13.5. The summed E-state index contributed by atoms with van der Waals surface area (Å²) in [5.74, 6) is -1.04. The lowest BCUT2D eigenvalue weighted by Crippen LogP contribution is -1.87. The van der Waals surface area contributed by atoms with Gasteiger partial charge in [0, 0.05) is 0 Å². The molecule has 0 radical (unpaired) electrons. The zero-order chi connectivity index (χ0) is 12.4. The molecule has 2 aromatic rings. The average Bonchev–Trinajstić information content (AvgIpc) is 2.29. The standard InChI is InChI=1S/C14H10FNO/c1-9-2-4-10(5-3-9)11-6-13(15)12(8-16)14(17)7-11/h2-7,17H,1H3. The highest BCUT2D eigenvalue weighted by Gasteiger charge is 2.10. The van der Waals surface area contributed by atoms with Crippen LogP contribution in [0.3, 0.4) is 0 Å². The smallest absolute Gasteiger partial charge is 0.145 e. The van der Waals surface area contributed by atoms with Crippen molar-refractivity contribution in [2.75, 3.05) is 0 Å². The molecule has 0 heterocycles. The highest BCUT2D eigenvalue weighted by atomic mass is 19.1. The van der Waals surface area contributed by atoms with Gasteiger partial charge in [0.05, 0.1) is 0 Å². The van der Waals surface area contributed by atoms with Crippen LogP contribution < -0.4 is 0 Å². The molecule has 0 aliphatic carbocycles. The number of phenolic OH excluding ortho intramolecular Hbond substituents is 1. The van der Waals surface area contributed by atoms with Crippen LogP contribution in [-0.4, -0.2) is 5.11 Å². The van der Waals surface area contributed by atoms with Crippen LogP contribution in [0.1, 0.15) is 11.1 Å². The largest absolute Gasteiger partial charge is 0.506 e. The van der Waals surface area contributed by atoms with Gasteiger partial charge in [0.25, 0.3) is 0 Å². The first-order valence-electron chi connectivity index (χ1n) is 5.11. The molecule has 0 bridgehead atoms. The highest BCUT2D eigenvalue weighted by molar-refractivity contribution is 5.67. The Bertz CT molecular complexity index is 574. The molecule has 3 heteroatoms. The number of hydrogen-bond acceptors (Lipinski definition) is 2. The Morgan fingerprint density at radius 1 is 1.12 bits per heavy atom. The molecule has 1 N–H and O–H groups in total. The summed E-state index contributed by atoms with van der Waals surface area (Å²) in [7, 11) is 0. The molecule has 0 aliphatic heterocycles. The van der Waals surface area contributed by atoms with Crippen LogP contribution in [0.4, 0.5) is 4.39 Å². The predicted octanol–water partition coefficient (Wildman–Crippen LogP) is 3.38. The van der Waals surface area contributed by atoms with Crippen molar-refractivity contribution in [2.45, 2.75) is 6.92 Å². The maximum Gasteiger partial charge on any atom is 0.145 e. The van der Waals surface area contributed by atoms with E-state index in [4.69, 9.17) is 5.26 Å². The van der Waals surface area contributed by atoms with Crippen molar-refractivity contribution in [1.82, 2.24) is 0 Å². The Kier molecular flexibility index (Phi) is 2.80. The van der Waals surface area contributed by atoms with Crippen molar-refractivity contribution in [3.05, 3.63) is 53.3 Å². The molecule has 0 saturated heterocycles. The van der Waals surface area contributed by atoms with Crippen LogP contribution in [0.5, 0.6) is 5.75 Å². The van der Waals surface area contributed by atoms with Crippen LogP contribution in [0.2, 0.25) is 0 Å².